The average Bonchev–Trinajstić information content (AvgIpc) is 3.97. The number of cyclic esters (lactones) is 1. The Bertz CT molecular complexity index is 2720. The Hall–Kier alpha value is -7.00. The van der Waals surface area contributed by atoms with Crippen molar-refractivity contribution in [2.75, 3.05) is 18.5 Å². The standard InChI is InChI=1S/C51H45N5O6/c57-28-29-61-37-25-23-36(24-26-37)47-51(38-30-33(22-27-39(38)55-50(51)60)21-20-32-12-4-1-5-13-32)43(48(58)52-31-42-53-40-18-10-11-19-41(40)54-42)45-49(59)62-46(35-16-8-3-9-17-35)44(56(45)47)34-14-6-2-7-15-34/h2-3,6-12,14-19,22-27,30,43-47,57H,1,4-5,13,28-29,31H2,(H,52,58)(H,53,54)(H,55,60)/t43-,44-,45-,46+,47+,51-/m0/s1. The van der Waals surface area contributed by atoms with Crippen LogP contribution in [0.15, 0.2) is 139 Å². The highest BCUT2D eigenvalue weighted by Crippen LogP contribution is 2.64. The van der Waals surface area contributed by atoms with Crippen LogP contribution in [0.1, 0.15) is 77.5 Å². The molecule has 10 rings (SSSR count). The predicted octanol–water partition coefficient (Wildman–Crippen LogP) is 7.37. The molecular formula is C51H45N5O6. The van der Waals surface area contributed by atoms with Crippen LogP contribution in [0.2, 0.25) is 0 Å². The number of aromatic nitrogens is 2. The second-order valence-electron chi connectivity index (χ2n) is 16.3. The van der Waals surface area contributed by atoms with Gasteiger partial charge in [-0.2, -0.15) is 0 Å². The van der Waals surface area contributed by atoms with Gasteiger partial charge in [-0.05, 0) is 96.0 Å². The maximum Gasteiger partial charge on any atom is 0.324 e. The Morgan fingerprint density at radius 3 is 2.37 bits per heavy atom. The van der Waals surface area contributed by atoms with E-state index in [4.69, 9.17) is 14.5 Å². The molecule has 3 aliphatic heterocycles. The summed E-state index contributed by atoms with van der Waals surface area (Å²) in [6, 6.07) is 37.3. The highest BCUT2D eigenvalue weighted by atomic mass is 16.6. The van der Waals surface area contributed by atoms with Gasteiger partial charge in [0.2, 0.25) is 11.8 Å². The first kappa shape index (κ1) is 39.2. The first-order valence-corrected chi connectivity index (χ1v) is 21.2. The van der Waals surface area contributed by atoms with E-state index >= 15 is 14.4 Å². The topological polar surface area (TPSA) is 146 Å². The Balaban J connectivity index is 1.19. The summed E-state index contributed by atoms with van der Waals surface area (Å²) in [5.41, 5.74) is 5.11. The number of aliphatic hydroxyl groups excluding tert-OH is 1. The Labute approximate surface area is 359 Å². The highest BCUT2D eigenvalue weighted by Gasteiger charge is 2.74. The number of carbonyl (C=O) groups excluding carboxylic acids is 3. The zero-order valence-electron chi connectivity index (χ0n) is 33.9. The lowest BCUT2D eigenvalue weighted by Crippen LogP contribution is -2.54. The first-order valence-electron chi connectivity index (χ1n) is 21.2. The van der Waals surface area contributed by atoms with Gasteiger partial charge in [0.15, 0.2) is 0 Å². The molecule has 4 heterocycles. The Morgan fingerprint density at radius 1 is 0.871 bits per heavy atom. The summed E-state index contributed by atoms with van der Waals surface area (Å²) in [4.78, 5) is 56.2. The average molecular weight is 824 g/mol. The number of imidazole rings is 1. The molecule has 2 fully saturated rings. The minimum atomic E-state index is -1.68. The number of para-hydroxylation sites is 2. The monoisotopic (exact) mass is 823 g/mol. The molecule has 2 amide bonds. The van der Waals surface area contributed by atoms with Crippen molar-refractivity contribution in [1.82, 2.24) is 20.2 Å². The number of anilines is 1. The summed E-state index contributed by atoms with van der Waals surface area (Å²) < 4.78 is 12.4. The van der Waals surface area contributed by atoms with Gasteiger partial charge in [-0.1, -0.05) is 103 Å². The number of amides is 2. The number of allylic oxidation sites excluding steroid dienone is 2. The maximum absolute atomic E-state index is 15.5. The van der Waals surface area contributed by atoms with Gasteiger partial charge < -0.3 is 30.2 Å². The zero-order valence-corrected chi connectivity index (χ0v) is 33.9. The molecule has 2 saturated heterocycles. The summed E-state index contributed by atoms with van der Waals surface area (Å²) in [6.07, 6.45) is 5.53. The largest absolute Gasteiger partial charge is 0.491 e. The fourth-order valence-electron chi connectivity index (χ4n) is 10.1. The molecule has 6 atom stereocenters. The van der Waals surface area contributed by atoms with Crippen LogP contribution < -0.4 is 15.4 Å². The summed E-state index contributed by atoms with van der Waals surface area (Å²) in [7, 11) is 0. The quantitative estimate of drug-likeness (QED) is 0.0874. The van der Waals surface area contributed by atoms with Crippen LogP contribution in [0.5, 0.6) is 5.75 Å². The number of benzene rings is 5. The second-order valence-corrected chi connectivity index (χ2v) is 16.3. The molecule has 11 nitrogen and oxygen atoms in total. The summed E-state index contributed by atoms with van der Waals surface area (Å²) >= 11 is 0. The molecule has 1 aromatic heterocycles. The van der Waals surface area contributed by atoms with Gasteiger partial charge in [0.1, 0.15) is 35.7 Å². The smallest absolute Gasteiger partial charge is 0.324 e. The number of fused-ring (bicyclic) bond motifs is 4. The van der Waals surface area contributed by atoms with Crippen LogP contribution in [-0.4, -0.2) is 57.0 Å². The third kappa shape index (κ3) is 6.82. The molecule has 5 aromatic carbocycles. The number of nitrogens with one attached hydrogen (secondary N) is 3. The van der Waals surface area contributed by atoms with Crippen molar-refractivity contribution in [2.24, 2.45) is 5.92 Å². The van der Waals surface area contributed by atoms with Gasteiger partial charge in [0.25, 0.3) is 0 Å². The van der Waals surface area contributed by atoms with E-state index in [1.54, 1.807) is 12.1 Å². The minimum Gasteiger partial charge on any atom is -0.491 e. The molecule has 0 radical (unpaired) electrons. The molecule has 4 N–H and O–H groups in total. The van der Waals surface area contributed by atoms with Crippen molar-refractivity contribution < 1.29 is 29.0 Å². The van der Waals surface area contributed by atoms with E-state index in [2.05, 4.69) is 38.4 Å². The molecule has 62 heavy (non-hydrogen) atoms. The Kier molecular flexibility index (Phi) is 10.4. The van der Waals surface area contributed by atoms with Crippen molar-refractivity contribution in [3.8, 4) is 17.6 Å². The van der Waals surface area contributed by atoms with Crippen molar-refractivity contribution in [1.29, 1.82) is 0 Å². The number of aromatic amines is 1. The molecule has 6 aromatic rings. The molecule has 0 bridgehead atoms. The number of hydrogen-bond donors (Lipinski definition) is 4. The first-order chi connectivity index (χ1) is 30.4. The number of rotatable bonds is 9. The summed E-state index contributed by atoms with van der Waals surface area (Å²) in [5, 5.41) is 15.8. The van der Waals surface area contributed by atoms with E-state index in [-0.39, 0.29) is 19.8 Å². The maximum atomic E-state index is 15.5. The van der Waals surface area contributed by atoms with Crippen molar-refractivity contribution in [3.63, 3.8) is 0 Å². The van der Waals surface area contributed by atoms with Crippen molar-refractivity contribution >= 4 is 34.5 Å². The van der Waals surface area contributed by atoms with Crippen LogP contribution in [-0.2, 0) is 31.1 Å². The number of morpholine rings is 1. The SMILES string of the molecule is O=C1O[C@H](c2ccccc2)[C@H](c2ccccc2)N2[C@H]1[C@@H](C(=O)NCc1nc3ccccc3[nH]1)[C@]1(C(=O)Nc3ccc(C#CC4=CCCCC4)cc31)[C@H]2c1ccc(OCCO)cc1. The zero-order chi connectivity index (χ0) is 42.2. The Morgan fingerprint density at radius 2 is 1.63 bits per heavy atom. The third-order valence-corrected chi connectivity index (χ3v) is 12.7. The molecule has 1 spiro atoms. The van der Waals surface area contributed by atoms with Crippen LogP contribution in [0, 0.1) is 17.8 Å². The lowest BCUT2D eigenvalue weighted by atomic mass is 9.65. The van der Waals surface area contributed by atoms with Gasteiger partial charge in [-0.15, -0.1) is 0 Å². The van der Waals surface area contributed by atoms with E-state index in [1.165, 1.54) is 0 Å². The molecule has 0 unspecified atom stereocenters. The van der Waals surface area contributed by atoms with Crippen LogP contribution in [0.25, 0.3) is 11.0 Å². The minimum absolute atomic E-state index is 0.0211. The van der Waals surface area contributed by atoms with E-state index in [9.17, 15) is 5.11 Å². The highest BCUT2D eigenvalue weighted by molar-refractivity contribution is 6.12. The van der Waals surface area contributed by atoms with Gasteiger partial charge in [0.05, 0.1) is 42.2 Å². The molecule has 0 saturated carbocycles. The van der Waals surface area contributed by atoms with Crippen LogP contribution in [0.4, 0.5) is 5.69 Å². The second kappa shape index (κ2) is 16.5. The third-order valence-electron chi connectivity index (χ3n) is 12.7. The van der Waals surface area contributed by atoms with Gasteiger partial charge in [-0.25, -0.2) is 4.98 Å². The predicted molar refractivity (Wildman–Crippen MR) is 233 cm³/mol. The number of carbonyl (C=O) groups is 3. The lowest BCUT2D eigenvalue weighted by molar-refractivity contribution is -0.178. The number of nitrogens with zero attached hydrogens (tertiary/aromatic N) is 2. The van der Waals surface area contributed by atoms with E-state index in [1.807, 2.05) is 115 Å². The molecule has 1 aliphatic carbocycles. The van der Waals surface area contributed by atoms with E-state index < -0.39 is 53.3 Å². The summed E-state index contributed by atoms with van der Waals surface area (Å²) in [6.45, 7) is -0.0339. The molecule has 310 valence electrons. The van der Waals surface area contributed by atoms with E-state index in [0.29, 0.717) is 34.0 Å². The number of esters is 1. The fourth-order valence-corrected chi connectivity index (χ4v) is 10.1. The molecular weight excluding hydrogens is 779 g/mol. The number of ether oxygens (including phenoxy) is 2. The molecule has 4 aliphatic rings. The van der Waals surface area contributed by atoms with Crippen molar-refractivity contribution in [2.45, 2.75) is 61.9 Å². The van der Waals surface area contributed by atoms with Gasteiger partial charge in [0, 0.05) is 11.3 Å². The fraction of sp³-hybridized carbons (Fsp3) is 0.255. The normalized spacial score (nSPS) is 24.0. The van der Waals surface area contributed by atoms with Crippen molar-refractivity contribution in [3.05, 3.63) is 173 Å². The number of H-pyrrole nitrogens is 1. The lowest BCUT2D eigenvalue weighted by Gasteiger charge is -2.46. The van der Waals surface area contributed by atoms with E-state index in [0.717, 1.165) is 53.4 Å². The number of aliphatic hydroxyl groups is 1. The van der Waals surface area contributed by atoms with Crippen LogP contribution in [0.3, 0.4) is 0 Å². The summed E-state index contributed by atoms with van der Waals surface area (Å²) in [5.74, 6) is 5.00. The van der Waals surface area contributed by atoms with Gasteiger partial charge >= 0.3 is 5.97 Å². The molecule has 11 heteroatoms. The van der Waals surface area contributed by atoms with Crippen LogP contribution >= 0.6 is 0 Å². The number of hydrogen-bond acceptors (Lipinski definition) is 8. The van der Waals surface area contributed by atoms with Gasteiger partial charge in [-0.3, -0.25) is 19.3 Å².